The quantitative estimate of drug-likeness (QED) is 0.908. The van der Waals surface area contributed by atoms with Crippen molar-refractivity contribution in [3.8, 4) is 0 Å². The van der Waals surface area contributed by atoms with Gasteiger partial charge in [-0.15, -0.1) is 0 Å². The third kappa shape index (κ3) is 4.34. The number of carbonyl (C=O) groups excluding carboxylic acids is 1. The molecular weight excluding hydrogens is 288 g/mol. The van der Waals surface area contributed by atoms with Crippen LogP contribution < -0.4 is 10.6 Å². The van der Waals surface area contributed by atoms with Gasteiger partial charge in [-0.2, -0.15) is 5.10 Å². The number of urea groups is 1. The van der Waals surface area contributed by atoms with Gasteiger partial charge in [0.1, 0.15) is 0 Å². The molecule has 2 amide bonds. The Morgan fingerprint density at radius 2 is 1.61 bits per heavy atom. The highest BCUT2D eigenvalue weighted by atomic mass is 16.2. The van der Waals surface area contributed by atoms with Gasteiger partial charge >= 0.3 is 6.03 Å². The molecule has 0 aliphatic rings. The first kappa shape index (κ1) is 17.1. The fourth-order valence-corrected chi connectivity index (χ4v) is 2.90. The monoisotopic (exact) mass is 314 g/mol. The molecule has 0 bridgehead atoms. The number of nitrogens with one attached hydrogen (secondary N) is 2. The van der Waals surface area contributed by atoms with Crippen molar-refractivity contribution in [3.05, 3.63) is 52.3 Å². The molecular formula is C18H26N4O. The Balaban J connectivity index is 2.00. The number of hydrogen-bond acceptors (Lipinski definition) is 2. The van der Waals surface area contributed by atoms with E-state index < -0.39 is 0 Å². The summed E-state index contributed by atoms with van der Waals surface area (Å²) in [5.41, 5.74) is 5.48. The third-order valence-corrected chi connectivity index (χ3v) is 3.96. The third-order valence-electron chi connectivity index (χ3n) is 3.96. The molecule has 1 aromatic heterocycles. The van der Waals surface area contributed by atoms with E-state index in [2.05, 4.69) is 47.8 Å². The molecule has 2 aromatic rings. The molecule has 0 spiro atoms. The number of carbonyl (C=O) groups is 1. The van der Waals surface area contributed by atoms with Crippen LogP contribution in [0.5, 0.6) is 0 Å². The maximum atomic E-state index is 12.2. The zero-order chi connectivity index (χ0) is 17.1. The maximum absolute atomic E-state index is 12.2. The second kappa shape index (κ2) is 6.86. The zero-order valence-corrected chi connectivity index (χ0v) is 14.8. The number of benzene rings is 1. The molecule has 0 saturated heterocycles. The van der Waals surface area contributed by atoms with Crippen LogP contribution >= 0.6 is 0 Å². The van der Waals surface area contributed by atoms with Crippen LogP contribution in [0.1, 0.15) is 53.9 Å². The number of aromatic nitrogens is 2. The lowest BCUT2D eigenvalue weighted by molar-refractivity contribution is 0.235. The van der Waals surface area contributed by atoms with Crippen LogP contribution in [0, 0.1) is 20.8 Å². The predicted octanol–water partition coefficient (Wildman–Crippen LogP) is 3.47. The van der Waals surface area contributed by atoms with E-state index in [1.165, 1.54) is 11.1 Å². The van der Waals surface area contributed by atoms with Crippen molar-refractivity contribution in [2.75, 3.05) is 0 Å². The van der Waals surface area contributed by atoms with E-state index in [1.807, 2.05) is 34.0 Å². The van der Waals surface area contributed by atoms with Gasteiger partial charge in [0.25, 0.3) is 0 Å². The summed E-state index contributed by atoms with van der Waals surface area (Å²) in [7, 11) is 1.88. The average Bonchev–Trinajstić information content (AvgIpc) is 2.76. The lowest BCUT2D eigenvalue weighted by Crippen LogP contribution is -2.38. The Morgan fingerprint density at radius 1 is 1.04 bits per heavy atom. The van der Waals surface area contributed by atoms with E-state index in [4.69, 9.17) is 0 Å². The lowest BCUT2D eigenvalue weighted by Gasteiger charge is -2.19. The standard InChI is InChI=1S/C18H26N4O/c1-11-7-12(2)9-16(8-11)13(3)19-18(23)20-14(4)17-10-22(6)21-15(17)5/h7-10,13-14H,1-6H3,(H2,19,20,23)/t13-,14+/m1/s1. The summed E-state index contributed by atoms with van der Waals surface area (Å²) in [5, 5.41) is 10.3. The van der Waals surface area contributed by atoms with Crippen molar-refractivity contribution in [1.82, 2.24) is 20.4 Å². The van der Waals surface area contributed by atoms with Crippen molar-refractivity contribution in [2.45, 2.75) is 46.7 Å². The molecule has 2 atom stereocenters. The van der Waals surface area contributed by atoms with Crippen LogP contribution in [0.25, 0.3) is 0 Å². The van der Waals surface area contributed by atoms with Crippen molar-refractivity contribution in [2.24, 2.45) is 7.05 Å². The minimum atomic E-state index is -0.174. The van der Waals surface area contributed by atoms with Gasteiger partial charge in [0, 0.05) is 18.8 Å². The fraction of sp³-hybridized carbons (Fsp3) is 0.444. The van der Waals surface area contributed by atoms with Gasteiger partial charge in [-0.1, -0.05) is 29.3 Å². The van der Waals surface area contributed by atoms with Crippen molar-refractivity contribution >= 4 is 6.03 Å². The van der Waals surface area contributed by atoms with E-state index in [-0.39, 0.29) is 18.1 Å². The highest BCUT2D eigenvalue weighted by Gasteiger charge is 2.16. The van der Waals surface area contributed by atoms with Crippen molar-refractivity contribution in [3.63, 3.8) is 0 Å². The van der Waals surface area contributed by atoms with Crippen LogP contribution in [-0.4, -0.2) is 15.8 Å². The smallest absolute Gasteiger partial charge is 0.315 e. The summed E-state index contributed by atoms with van der Waals surface area (Å²) in [6.45, 7) is 10.0. The second-order valence-corrected chi connectivity index (χ2v) is 6.33. The number of aryl methyl sites for hydroxylation is 4. The number of hydrogen-bond donors (Lipinski definition) is 2. The molecule has 0 aliphatic heterocycles. The Kier molecular flexibility index (Phi) is 5.08. The van der Waals surface area contributed by atoms with Gasteiger partial charge < -0.3 is 10.6 Å². The Hall–Kier alpha value is -2.30. The van der Waals surface area contributed by atoms with Crippen LogP contribution in [0.4, 0.5) is 4.79 Å². The molecule has 0 aliphatic carbocycles. The molecule has 23 heavy (non-hydrogen) atoms. The molecule has 0 radical (unpaired) electrons. The minimum Gasteiger partial charge on any atom is -0.332 e. The minimum absolute atomic E-state index is 0.0456. The molecule has 0 fully saturated rings. The first-order valence-electron chi connectivity index (χ1n) is 7.91. The van der Waals surface area contributed by atoms with Gasteiger partial charge in [-0.05, 0) is 40.2 Å². The summed E-state index contributed by atoms with van der Waals surface area (Å²) < 4.78 is 1.76. The second-order valence-electron chi connectivity index (χ2n) is 6.33. The fourth-order valence-electron chi connectivity index (χ4n) is 2.90. The first-order chi connectivity index (χ1) is 10.8. The molecule has 5 nitrogen and oxygen atoms in total. The first-order valence-corrected chi connectivity index (χ1v) is 7.91. The topological polar surface area (TPSA) is 59.0 Å². The molecule has 1 aromatic carbocycles. The Morgan fingerprint density at radius 3 is 2.13 bits per heavy atom. The average molecular weight is 314 g/mol. The lowest BCUT2D eigenvalue weighted by atomic mass is 10.0. The molecule has 5 heteroatoms. The normalized spacial score (nSPS) is 13.5. The van der Waals surface area contributed by atoms with Crippen LogP contribution in [0.2, 0.25) is 0 Å². The Labute approximate surface area is 138 Å². The van der Waals surface area contributed by atoms with E-state index in [9.17, 15) is 4.79 Å². The van der Waals surface area contributed by atoms with Crippen molar-refractivity contribution in [1.29, 1.82) is 0 Å². The van der Waals surface area contributed by atoms with Crippen molar-refractivity contribution < 1.29 is 4.79 Å². The highest BCUT2D eigenvalue weighted by molar-refractivity contribution is 5.75. The van der Waals surface area contributed by atoms with Crippen LogP contribution in [-0.2, 0) is 7.05 Å². The highest BCUT2D eigenvalue weighted by Crippen LogP contribution is 2.18. The SMILES string of the molecule is Cc1cc(C)cc([C@@H](C)NC(=O)N[C@@H](C)c2cn(C)nc2C)c1. The van der Waals surface area contributed by atoms with Gasteiger partial charge in [0.15, 0.2) is 0 Å². The predicted molar refractivity (Wildman–Crippen MR) is 92.4 cm³/mol. The molecule has 0 saturated carbocycles. The van der Waals surface area contributed by atoms with Crippen LogP contribution in [0.3, 0.4) is 0 Å². The van der Waals surface area contributed by atoms with E-state index in [0.29, 0.717) is 0 Å². The maximum Gasteiger partial charge on any atom is 0.315 e. The number of amides is 2. The summed E-state index contributed by atoms with van der Waals surface area (Å²) >= 11 is 0. The number of nitrogens with zero attached hydrogens (tertiary/aromatic N) is 2. The van der Waals surface area contributed by atoms with Crippen LogP contribution in [0.15, 0.2) is 24.4 Å². The van der Waals surface area contributed by atoms with Gasteiger partial charge in [-0.25, -0.2) is 4.79 Å². The molecule has 2 N–H and O–H groups in total. The molecule has 1 heterocycles. The van der Waals surface area contributed by atoms with Gasteiger partial charge in [0.05, 0.1) is 17.8 Å². The molecule has 124 valence electrons. The van der Waals surface area contributed by atoms with E-state index in [0.717, 1.165) is 16.8 Å². The molecule has 2 rings (SSSR count). The summed E-state index contributed by atoms with van der Waals surface area (Å²) in [6, 6.07) is 6.03. The largest absolute Gasteiger partial charge is 0.332 e. The van der Waals surface area contributed by atoms with Gasteiger partial charge in [0.2, 0.25) is 0 Å². The zero-order valence-electron chi connectivity index (χ0n) is 14.8. The van der Waals surface area contributed by atoms with E-state index >= 15 is 0 Å². The van der Waals surface area contributed by atoms with Gasteiger partial charge in [-0.3, -0.25) is 4.68 Å². The Bertz CT molecular complexity index is 685. The van der Waals surface area contributed by atoms with E-state index in [1.54, 1.807) is 4.68 Å². The molecule has 0 unspecified atom stereocenters. The summed E-state index contributed by atoms with van der Waals surface area (Å²) in [6.07, 6.45) is 1.94. The summed E-state index contributed by atoms with van der Waals surface area (Å²) in [4.78, 5) is 12.2. The number of rotatable bonds is 4. The summed E-state index contributed by atoms with van der Waals surface area (Å²) in [5.74, 6) is 0.